The van der Waals surface area contributed by atoms with Gasteiger partial charge in [0.2, 0.25) is 0 Å². The standard InChI is InChI=1S/C8H7BrN2O2S/c1-3-14(12,13)7-4-6(9)5-11-8(7)10-2/h4-5H,3H2,1H3. The maximum Gasteiger partial charge on any atom is 0.288 e. The number of nitrogens with zero attached hydrogens (tertiary/aromatic N) is 2. The molecule has 4 nitrogen and oxygen atoms in total. The number of halogens is 1. The second-order valence-corrected chi connectivity index (χ2v) is 5.65. The zero-order valence-corrected chi connectivity index (χ0v) is 9.76. The van der Waals surface area contributed by atoms with Crippen LogP contribution in [0.15, 0.2) is 21.6 Å². The van der Waals surface area contributed by atoms with Crippen LogP contribution in [0.3, 0.4) is 0 Å². The zero-order chi connectivity index (χ0) is 10.8. The van der Waals surface area contributed by atoms with Crippen molar-refractivity contribution in [3.05, 3.63) is 28.2 Å². The Bertz CT molecular complexity index is 491. The SMILES string of the molecule is [C-]#[N+]c1ncc(Br)cc1S(=O)(=O)CC. The summed E-state index contributed by atoms with van der Waals surface area (Å²) in [6, 6.07) is 1.40. The summed E-state index contributed by atoms with van der Waals surface area (Å²) >= 11 is 3.12. The molecule has 0 bridgehead atoms. The van der Waals surface area contributed by atoms with E-state index in [0.717, 1.165) is 0 Å². The number of hydrogen-bond acceptors (Lipinski definition) is 3. The molecule has 0 fully saturated rings. The highest BCUT2D eigenvalue weighted by Gasteiger charge is 2.18. The first kappa shape index (κ1) is 11.1. The van der Waals surface area contributed by atoms with Crippen LogP contribution in [0.5, 0.6) is 0 Å². The van der Waals surface area contributed by atoms with Crippen LogP contribution in [0.25, 0.3) is 4.85 Å². The molecule has 0 aliphatic heterocycles. The van der Waals surface area contributed by atoms with Gasteiger partial charge in [0.1, 0.15) is 6.20 Å². The van der Waals surface area contributed by atoms with Gasteiger partial charge in [-0.05, 0) is 22.0 Å². The quantitative estimate of drug-likeness (QED) is 0.777. The van der Waals surface area contributed by atoms with Crippen LogP contribution >= 0.6 is 15.9 Å². The van der Waals surface area contributed by atoms with Crippen molar-refractivity contribution in [1.82, 2.24) is 4.98 Å². The maximum absolute atomic E-state index is 11.5. The van der Waals surface area contributed by atoms with Crippen LogP contribution in [-0.4, -0.2) is 19.2 Å². The normalized spacial score (nSPS) is 10.9. The Labute approximate surface area is 90.8 Å². The number of sulfone groups is 1. The highest BCUT2D eigenvalue weighted by molar-refractivity contribution is 9.10. The van der Waals surface area contributed by atoms with E-state index in [-0.39, 0.29) is 16.5 Å². The first-order valence-corrected chi connectivity index (χ1v) is 6.21. The maximum atomic E-state index is 11.5. The van der Waals surface area contributed by atoms with E-state index in [1.54, 1.807) is 0 Å². The van der Waals surface area contributed by atoms with Crippen molar-refractivity contribution in [2.45, 2.75) is 11.8 Å². The molecular weight excluding hydrogens is 268 g/mol. The molecule has 0 atom stereocenters. The lowest BCUT2D eigenvalue weighted by molar-refractivity contribution is 0.597. The topological polar surface area (TPSA) is 51.4 Å². The molecule has 0 N–H and O–H groups in total. The van der Waals surface area contributed by atoms with E-state index in [0.29, 0.717) is 4.47 Å². The van der Waals surface area contributed by atoms with Crippen molar-refractivity contribution < 1.29 is 8.42 Å². The Kier molecular flexibility index (Phi) is 3.24. The predicted molar refractivity (Wildman–Crippen MR) is 55.9 cm³/mol. The Morgan fingerprint density at radius 2 is 2.29 bits per heavy atom. The van der Waals surface area contributed by atoms with Crippen LogP contribution in [-0.2, 0) is 9.84 Å². The lowest BCUT2D eigenvalue weighted by Crippen LogP contribution is -2.04. The Hall–Kier alpha value is -0.930. The number of rotatable bonds is 2. The molecule has 1 aromatic heterocycles. The molecule has 0 aliphatic carbocycles. The van der Waals surface area contributed by atoms with Gasteiger partial charge in [-0.25, -0.2) is 8.42 Å². The number of pyridine rings is 1. The van der Waals surface area contributed by atoms with Crippen molar-refractivity contribution in [3.8, 4) is 0 Å². The first-order valence-electron chi connectivity index (χ1n) is 3.77. The molecule has 0 saturated heterocycles. The van der Waals surface area contributed by atoms with E-state index in [9.17, 15) is 8.42 Å². The van der Waals surface area contributed by atoms with Crippen molar-refractivity contribution in [2.75, 3.05) is 5.75 Å². The summed E-state index contributed by atoms with van der Waals surface area (Å²) in [6.07, 6.45) is 1.40. The Morgan fingerprint density at radius 1 is 1.64 bits per heavy atom. The van der Waals surface area contributed by atoms with Crippen molar-refractivity contribution >= 4 is 31.6 Å². The smallest absolute Gasteiger partial charge is 0.288 e. The van der Waals surface area contributed by atoms with Crippen LogP contribution in [0.1, 0.15) is 6.92 Å². The highest BCUT2D eigenvalue weighted by atomic mass is 79.9. The molecule has 0 saturated carbocycles. The molecule has 0 amide bonds. The largest absolute Gasteiger partial charge is 0.360 e. The first-order chi connectivity index (χ1) is 6.51. The minimum Gasteiger partial charge on any atom is -0.360 e. The molecule has 1 rings (SSSR count). The Morgan fingerprint density at radius 3 is 2.79 bits per heavy atom. The molecule has 1 aromatic rings. The summed E-state index contributed by atoms with van der Waals surface area (Å²) in [4.78, 5) is 6.79. The van der Waals surface area contributed by atoms with Crippen molar-refractivity contribution in [2.24, 2.45) is 0 Å². The predicted octanol–water partition coefficient (Wildman–Crippen LogP) is 2.19. The third-order valence-electron chi connectivity index (χ3n) is 1.62. The summed E-state index contributed by atoms with van der Waals surface area (Å²) in [7, 11) is -3.37. The molecule has 74 valence electrons. The van der Waals surface area contributed by atoms with Gasteiger partial charge >= 0.3 is 0 Å². The van der Waals surface area contributed by atoms with E-state index in [1.807, 2.05) is 0 Å². The fraction of sp³-hybridized carbons (Fsp3) is 0.250. The second kappa shape index (κ2) is 4.07. The lowest BCUT2D eigenvalue weighted by Gasteiger charge is -2.02. The summed E-state index contributed by atoms with van der Waals surface area (Å²) in [5.74, 6) is -0.108. The Balaban J connectivity index is 3.49. The fourth-order valence-electron chi connectivity index (χ4n) is 0.882. The summed E-state index contributed by atoms with van der Waals surface area (Å²) in [5, 5.41) is 0. The average molecular weight is 275 g/mol. The summed E-state index contributed by atoms with van der Waals surface area (Å²) in [5.41, 5.74) is 0. The van der Waals surface area contributed by atoms with E-state index in [4.69, 9.17) is 6.57 Å². The van der Waals surface area contributed by atoms with Gasteiger partial charge in [-0.1, -0.05) is 13.5 Å². The fourth-order valence-corrected chi connectivity index (χ4v) is 2.36. The minimum absolute atomic E-state index is 0.00984. The van der Waals surface area contributed by atoms with E-state index >= 15 is 0 Å². The van der Waals surface area contributed by atoms with E-state index < -0.39 is 9.84 Å². The molecule has 6 heteroatoms. The van der Waals surface area contributed by atoms with Crippen molar-refractivity contribution in [3.63, 3.8) is 0 Å². The van der Waals surface area contributed by atoms with Gasteiger partial charge in [-0.2, -0.15) is 0 Å². The van der Waals surface area contributed by atoms with Gasteiger partial charge < -0.3 is 4.85 Å². The zero-order valence-electron chi connectivity index (χ0n) is 7.36. The van der Waals surface area contributed by atoms with Gasteiger partial charge in [-0.3, -0.25) is 0 Å². The van der Waals surface area contributed by atoms with Crippen LogP contribution in [0.2, 0.25) is 0 Å². The van der Waals surface area contributed by atoms with Crippen LogP contribution in [0.4, 0.5) is 5.82 Å². The number of aromatic nitrogens is 1. The van der Waals surface area contributed by atoms with Gasteiger partial charge in [0.25, 0.3) is 5.82 Å². The minimum atomic E-state index is -3.37. The molecule has 1 heterocycles. The molecular formula is C8H7BrN2O2S. The van der Waals surface area contributed by atoms with Gasteiger partial charge in [0, 0.05) is 0 Å². The molecule has 0 aliphatic rings. The van der Waals surface area contributed by atoms with Gasteiger partial charge in [-0.15, -0.1) is 4.98 Å². The summed E-state index contributed by atoms with van der Waals surface area (Å²) in [6.45, 7) is 8.32. The molecule has 0 aromatic carbocycles. The number of hydrogen-bond donors (Lipinski definition) is 0. The highest BCUT2D eigenvalue weighted by Crippen LogP contribution is 2.25. The van der Waals surface area contributed by atoms with Crippen LogP contribution in [0, 0.1) is 6.57 Å². The molecule has 0 radical (unpaired) electrons. The third-order valence-corrected chi connectivity index (χ3v) is 3.78. The van der Waals surface area contributed by atoms with E-state index in [1.165, 1.54) is 19.2 Å². The lowest BCUT2D eigenvalue weighted by atomic mass is 10.5. The molecule has 0 unspecified atom stereocenters. The van der Waals surface area contributed by atoms with Gasteiger partial charge in [0.15, 0.2) is 9.84 Å². The third kappa shape index (κ3) is 2.11. The van der Waals surface area contributed by atoms with Gasteiger partial charge in [0.05, 0.1) is 15.1 Å². The van der Waals surface area contributed by atoms with Crippen LogP contribution < -0.4 is 0 Å². The average Bonchev–Trinajstić information content (AvgIpc) is 2.18. The monoisotopic (exact) mass is 274 g/mol. The van der Waals surface area contributed by atoms with E-state index in [2.05, 4.69) is 25.8 Å². The van der Waals surface area contributed by atoms with Crippen molar-refractivity contribution in [1.29, 1.82) is 0 Å². The molecule has 14 heavy (non-hydrogen) atoms. The second-order valence-electron chi connectivity index (χ2n) is 2.49. The summed E-state index contributed by atoms with van der Waals surface area (Å²) < 4.78 is 23.6. The molecule has 0 spiro atoms.